The highest BCUT2D eigenvalue weighted by Crippen LogP contribution is 1.85. The van der Waals surface area contributed by atoms with Crippen molar-refractivity contribution >= 4 is 5.96 Å². The summed E-state index contributed by atoms with van der Waals surface area (Å²) in [5.74, 6) is 6.43. The Morgan fingerprint density at radius 1 is 1.64 bits per heavy atom. The minimum absolute atomic E-state index is 0.0105. The van der Waals surface area contributed by atoms with E-state index >= 15 is 0 Å². The van der Waals surface area contributed by atoms with E-state index in [1.54, 1.807) is 0 Å². The number of rotatable bonds is 2. The fraction of sp³-hybridized carbons (Fsp3) is 0.625. The van der Waals surface area contributed by atoms with Gasteiger partial charge in [0.25, 0.3) is 0 Å². The van der Waals surface area contributed by atoms with Crippen molar-refractivity contribution in [2.45, 2.75) is 20.3 Å². The minimum Gasteiger partial charge on any atom is -0.370 e. The summed E-state index contributed by atoms with van der Waals surface area (Å²) >= 11 is 0. The van der Waals surface area contributed by atoms with Crippen LogP contribution in [-0.4, -0.2) is 12.5 Å². The molecule has 0 radical (unpaired) electrons. The number of nitrogens with two attached hydrogens (primary N) is 1. The van der Waals surface area contributed by atoms with Crippen LogP contribution in [0.25, 0.3) is 0 Å². The third kappa shape index (κ3) is 8.83. The zero-order valence-corrected chi connectivity index (χ0v) is 7.07. The highest BCUT2D eigenvalue weighted by molar-refractivity contribution is 5.74. The summed E-state index contributed by atoms with van der Waals surface area (Å²) in [4.78, 5) is 0. The monoisotopic (exact) mass is 153 g/mol. The van der Waals surface area contributed by atoms with Crippen molar-refractivity contribution in [3.8, 4) is 11.8 Å². The maximum absolute atomic E-state index is 6.83. The average molecular weight is 153 g/mol. The van der Waals surface area contributed by atoms with Gasteiger partial charge in [-0.25, -0.2) is 0 Å². The molecule has 0 unspecified atom stereocenters. The lowest BCUT2D eigenvalue weighted by molar-refractivity contribution is 0.854. The van der Waals surface area contributed by atoms with E-state index in [2.05, 4.69) is 17.2 Å². The average Bonchev–Trinajstić information content (AvgIpc) is 1.85. The third-order valence-corrected chi connectivity index (χ3v) is 0.956. The van der Waals surface area contributed by atoms with Gasteiger partial charge in [-0.1, -0.05) is 13.8 Å². The van der Waals surface area contributed by atoms with Crippen LogP contribution < -0.4 is 11.1 Å². The SMILES string of the molecule is CC(C)C#CCCNC(=N)N. The molecule has 3 heteroatoms. The Labute approximate surface area is 67.9 Å². The van der Waals surface area contributed by atoms with E-state index in [0.717, 1.165) is 6.42 Å². The molecule has 0 saturated carbocycles. The van der Waals surface area contributed by atoms with E-state index in [0.29, 0.717) is 12.5 Å². The second-order valence-electron chi connectivity index (χ2n) is 2.57. The first-order valence-electron chi connectivity index (χ1n) is 3.69. The molecule has 0 aromatic rings. The first-order chi connectivity index (χ1) is 5.13. The third-order valence-electron chi connectivity index (χ3n) is 0.956. The summed E-state index contributed by atoms with van der Waals surface area (Å²) in [5, 5.41) is 9.51. The fourth-order valence-electron chi connectivity index (χ4n) is 0.536. The zero-order chi connectivity index (χ0) is 8.69. The second-order valence-corrected chi connectivity index (χ2v) is 2.57. The molecule has 0 aromatic carbocycles. The van der Waals surface area contributed by atoms with E-state index in [9.17, 15) is 0 Å². The van der Waals surface area contributed by atoms with Crippen molar-refractivity contribution in [1.82, 2.24) is 5.32 Å². The van der Waals surface area contributed by atoms with E-state index in [-0.39, 0.29) is 5.96 Å². The lowest BCUT2D eigenvalue weighted by Crippen LogP contribution is -2.30. The van der Waals surface area contributed by atoms with Gasteiger partial charge in [0.2, 0.25) is 0 Å². The molecule has 0 aliphatic carbocycles. The molecule has 0 aliphatic heterocycles. The molecule has 0 spiro atoms. The Morgan fingerprint density at radius 3 is 2.73 bits per heavy atom. The molecular weight excluding hydrogens is 138 g/mol. The summed E-state index contributed by atoms with van der Waals surface area (Å²) in [5.41, 5.74) is 5.06. The van der Waals surface area contributed by atoms with Crippen molar-refractivity contribution in [3.05, 3.63) is 0 Å². The normalized spacial score (nSPS) is 8.64. The van der Waals surface area contributed by atoms with Gasteiger partial charge in [0.05, 0.1) is 0 Å². The summed E-state index contributed by atoms with van der Waals surface area (Å²) in [6, 6.07) is 0. The Kier molecular flexibility index (Phi) is 5.01. The number of hydrogen-bond donors (Lipinski definition) is 3. The number of nitrogens with one attached hydrogen (secondary N) is 2. The van der Waals surface area contributed by atoms with Crippen LogP contribution in [0.2, 0.25) is 0 Å². The molecule has 0 aliphatic rings. The van der Waals surface area contributed by atoms with E-state index in [4.69, 9.17) is 11.1 Å². The molecule has 0 bridgehead atoms. The lowest BCUT2D eigenvalue weighted by atomic mass is 10.2. The van der Waals surface area contributed by atoms with Crippen LogP contribution in [0.1, 0.15) is 20.3 Å². The molecule has 0 saturated heterocycles. The topological polar surface area (TPSA) is 61.9 Å². The van der Waals surface area contributed by atoms with Crippen molar-refractivity contribution in [3.63, 3.8) is 0 Å². The fourth-order valence-corrected chi connectivity index (χ4v) is 0.536. The van der Waals surface area contributed by atoms with Crippen LogP contribution >= 0.6 is 0 Å². The van der Waals surface area contributed by atoms with Crippen molar-refractivity contribution in [2.75, 3.05) is 6.54 Å². The molecule has 62 valence electrons. The Morgan fingerprint density at radius 2 is 2.27 bits per heavy atom. The first-order valence-corrected chi connectivity index (χ1v) is 3.69. The highest BCUT2D eigenvalue weighted by Gasteiger charge is 1.84. The van der Waals surface area contributed by atoms with Crippen LogP contribution in [0.4, 0.5) is 0 Å². The quantitative estimate of drug-likeness (QED) is 0.234. The Balaban J connectivity index is 3.29. The minimum atomic E-state index is 0.0105. The Hall–Kier alpha value is -1.17. The molecule has 11 heavy (non-hydrogen) atoms. The van der Waals surface area contributed by atoms with Gasteiger partial charge in [0.1, 0.15) is 0 Å². The van der Waals surface area contributed by atoms with Gasteiger partial charge in [-0.05, 0) is 0 Å². The van der Waals surface area contributed by atoms with Gasteiger partial charge in [0.15, 0.2) is 5.96 Å². The molecule has 0 heterocycles. The van der Waals surface area contributed by atoms with Crippen LogP contribution in [-0.2, 0) is 0 Å². The van der Waals surface area contributed by atoms with Crippen molar-refractivity contribution < 1.29 is 0 Å². The van der Waals surface area contributed by atoms with E-state index in [1.807, 2.05) is 13.8 Å². The summed E-state index contributed by atoms with van der Waals surface area (Å²) in [7, 11) is 0. The predicted molar refractivity (Wildman–Crippen MR) is 47.1 cm³/mol. The molecule has 4 N–H and O–H groups in total. The predicted octanol–water partition coefficient (Wildman–Crippen LogP) is 0.519. The Bertz CT molecular complexity index is 174. The largest absolute Gasteiger partial charge is 0.370 e. The van der Waals surface area contributed by atoms with Gasteiger partial charge >= 0.3 is 0 Å². The van der Waals surface area contributed by atoms with E-state index < -0.39 is 0 Å². The van der Waals surface area contributed by atoms with Gasteiger partial charge in [-0.15, -0.1) is 11.8 Å². The van der Waals surface area contributed by atoms with Crippen LogP contribution in [0, 0.1) is 23.2 Å². The summed E-state index contributed by atoms with van der Waals surface area (Å²) in [6.45, 7) is 4.76. The molecule has 0 rings (SSSR count). The molecule has 0 amide bonds. The molecular formula is C8H15N3. The van der Waals surface area contributed by atoms with Gasteiger partial charge in [0, 0.05) is 18.9 Å². The second kappa shape index (κ2) is 5.60. The molecule has 0 fully saturated rings. The standard InChI is InChI=1S/C8H15N3/c1-7(2)5-3-4-6-11-8(9)10/h7H,4,6H2,1-2H3,(H4,9,10,11). The van der Waals surface area contributed by atoms with E-state index in [1.165, 1.54) is 0 Å². The maximum Gasteiger partial charge on any atom is 0.185 e. The maximum atomic E-state index is 6.83. The summed E-state index contributed by atoms with van der Waals surface area (Å²) in [6.07, 6.45) is 0.748. The van der Waals surface area contributed by atoms with Crippen LogP contribution in [0.15, 0.2) is 0 Å². The van der Waals surface area contributed by atoms with Gasteiger partial charge < -0.3 is 11.1 Å². The molecule has 3 nitrogen and oxygen atoms in total. The van der Waals surface area contributed by atoms with Crippen LogP contribution in [0.3, 0.4) is 0 Å². The van der Waals surface area contributed by atoms with Gasteiger partial charge in [-0.2, -0.15) is 0 Å². The van der Waals surface area contributed by atoms with Crippen molar-refractivity contribution in [2.24, 2.45) is 11.7 Å². The summed E-state index contributed by atoms with van der Waals surface area (Å²) < 4.78 is 0. The molecule has 0 aromatic heterocycles. The highest BCUT2D eigenvalue weighted by atomic mass is 15.0. The number of hydrogen-bond acceptors (Lipinski definition) is 1. The first kappa shape index (κ1) is 9.83. The molecule has 0 atom stereocenters. The van der Waals surface area contributed by atoms with Crippen LogP contribution in [0.5, 0.6) is 0 Å². The zero-order valence-electron chi connectivity index (χ0n) is 7.07. The van der Waals surface area contributed by atoms with Gasteiger partial charge in [-0.3, -0.25) is 5.41 Å². The van der Waals surface area contributed by atoms with Crippen molar-refractivity contribution in [1.29, 1.82) is 5.41 Å². The lowest BCUT2D eigenvalue weighted by Gasteiger charge is -1.97. The smallest absolute Gasteiger partial charge is 0.185 e. The number of guanidine groups is 1.